The molecular weight excluding hydrogens is 437 g/mol. The van der Waals surface area contributed by atoms with Gasteiger partial charge in [-0.2, -0.15) is 0 Å². The molecule has 4 heteroatoms. The van der Waals surface area contributed by atoms with E-state index in [9.17, 15) is 0 Å². The van der Waals surface area contributed by atoms with Crippen molar-refractivity contribution in [2.45, 2.75) is 0 Å². The summed E-state index contributed by atoms with van der Waals surface area (Å²) in [5.41, 5.74) is 0. The smallest absolute Gasteiger partial charge is 0 e. The Hall–Kier alpha value is 3.83. The van der Waals surface area contributed by atoms with Crippen LogP contribution in [-0.4, -0.2) is 0 Å². The van der Waals surface area contributed by atoms with Crippen molar-refractivity contribution in [3.63, 3.8) is 0 Å². The zero-order valence-electron chi connectivity index (χ0n) is 1.32. The molecule has 0 saturated carbocycles. The molecule has 0 aliphatic rings. The quantitative estimate of drug-likeness (QED) is 0.469. The summed E-state index contributed by atoms with van der Waals surface area (Å²) in [5.74, 6) is 0. The maximum atomic E-state index is 0. The Morgan fingerprint density at radius 3 is 1.00 bits per heavy atom. The molecule has 0 aromatic carbocycles. The molecule has 0 amide bonds. The van der Waals surface area contributed by atoms with Gasteiger partial charge >= 0.3 is 0 Å². The standard InChI is InChI=1S/Co.Er.Eu.Ni. The van der Waals surface area contributed by atoms with E-state index in [4.69, 9.17) is 0 Å². The Morgan fingerprint density at radius 1 is 1.00 bits per heavy atom. The zero-order valence-corrected chi connectivity index (χ0v) is 7.62. The van der Waals surface area contributed by atoms with E-state index in [-0.39, 0.29) is 120 Å². The molecule has 0 nitrogen and oxygen atoms in total. The number of hydrogen-bond donors (Lipinski definition) is 0. The Balaban J connectivity index is 0. The van der Waals surface area contributed by atoms with E-state index in [1.165, 1.54) is 0 Å². The minimum absolute atomic E-state index is 0. The van der Waals surface area contributed by atoms with Crippen LogP contribution >= 0.6 is 0 Å². The Morgan fingerprint density at radius 2 is 1.00 bits per heavy atom. The van der Waals surface area contributed by atoms with Gasteiger partial charge in [0, 0.05) is 120 Å². The Bertz CT molecular complexity index is 8.00. The molecule has 0 aliphatic carbocycles. The molecule has 0 rings (SSSR count). The second-order valence-electron chi connectivity index (χ2n) is 0. The third kappa shape index (κ3) is 9.27. The first-order valence-corrected chi connectivity index (χ1v) is 0. The summed E-state index contributed by atoms with van der Waals surface area (Å²) in [6.07, 6.45) is 0. The predicted molar refractivity (Wildman–Crippen MR) is 0 cm³/mol. The third-order valence-corrected chi connectivity index (χ3v) is 0. The van der Waals surface area contributed by atoms with E-state index in [1.54, 1.807) is 0 Å². The normalized spacial score (nSPS) is 0. The second-order valence-corrected chi connectivity index (χ2v) is 0. The van der Waals surface area contributed by atoms with E-state index in [0.717, 1.165) is 0 Å². The third-order valence-electron chi connectivity index (χ3n) is 0. The van der Waals surface area contributed by atoms with Gasteiger partial charge < -0.3 is 0 Å². The van der Waals surface area contributed by atoms with Crippen molar-refractivity contribution in [2.24, 2.45) is 0 Å². The molecule has 4 heavy (non-hydrogen) atoms. The molecule has 0 aromatic heterocycles. The van der Waals surface area contributed by atoms with Crippen LogP contribution in [0.5, 0.6) is 0 Å². The zero-order chi connectivity index (χ0) is 0. The van der Waals surface area contributed by atoms with E-state index in [0.29, 0.717) is 0 Å². The largest absolute Gasteiger partial charge is 0 e. The van der Waals surface area contributed by atoms with Crippen LogP contribution in [0.15, 0.2) is 0 Å². The average Bonchev–Trinajstić information content (AvgIpc) is 0. The molecule has 0 atom stereocenters. The van der Waals surface area contributed by atoms with Crippen molar-refractivity contribution in [3.8, 4) is 0 Å². The molecule has 0 N–H and O–H groups in total. The van der Waals surface area contributed by atoms with Crippen molar-refractivity contribution in [1.29, 1.82) is 0 Å². The van der Waals surface area contributed by atoms with Gasteiger partial charge in [-0.25, -0.2) is 0 Å². The van der Waals surface area contributed by atoms with Crippen LogP contribution < -0.4 is 0 Å². The van der Waals surface area contributed by atoms with E-state index in [2.05, 4.69) is 0 Å². The van der Waals surface area contributed by atoms with Crippen molar-refractivity contribution in [1.82, 2.24) is 0 Å². The van der Waals surface area contributed by atoms with Gasteiger partial charge in [0.1, 0.15) is 0 Å². The SMILES string of the molecule is [Co].[Er].[Eu].[Ni]. The van der Waals surface area contributed by atoms with Crippen LogP contribution in [0.3, 0.4) is 0 Å². The van der Waals surface area contributed by atoms with Crippen molar-refractivity contribution in [3.05, 3.63) is 0 Å². The summed E-state index contributed by atoms with van der Waals surface area (Å²) < 4.78 is 0. The fourth-order valence-electron chi connectivity index (χ4n) is 0. The molecule has 0 bridgehead atoms. The first kappa shape index (κ1) is 24.9. The van der Waals surface area contributed by atoms with Crippen LogP contribution in [0.25, 0.3) is 0 Å². The molecular formula is CoErEuNi. The Kier molecular flexibility index (Phi) is 98.5. The van der Waals surface area contributed by atoms with Crippen molar-refractivity contribution in [2.75, 3.05) is 0 Å². The van der Waals surface area contributed by atoms with Crippen molar-refractivity contribution < 1.29 is 120 Å². The van der Waals surface area contributed by atoms with Gasteiger partial charge in [-0.3, -0.25) is 0 Å². The first-order chi connectivity index (χ1) is 0. The van der Waals surface area contributed by atoms with Crippen LogP contribution in [0.1, 0.15) is 0 Å². The molecule has 38 valence electrons. The fourth-order valence-corrected chi connectivity index (χ4v) is 0. The molecule has 0 fully saturated rings. The minimum atomic E-state index is 0. The summed E-state index contributed by atoms with van der Waals surface area (Å²) in [5, 5.41) is 0. The Labute approximate surface area is 116 Å². The van der Waals surface area contributed by atoms with Crippen LogP contribution in [-0.2, 0) is 33.3 Å². The molecule has 2 radical (unpaired) electrons. The predicted octanol–water partition coefficient (Wildman–Crippen LogP) is -0.00500. The number of hydrogen-bond acceptors (Lipinski definition) is 0. The van der Waals surface area contributed by atoms with Crippen LogP contribution in [0.2, 0.25) is 0 Å². The molecule has 0 saturated heterocycles. The van der Waals surface area contributed by atoms with Gasteiger partial charge in [-0.05, 0) is 0 Å². The van der Waals surface area contributed by atoms with E-state index in [1.807, 2.05) is 0 Å². The monoisotopic (exact) mass is 436 g/mol. The van der Waals surface area contributed by atoms with Crippen LogP contribution in [0, 0.1) is 86.7 Å². The molecule has 0 heterocycles. The van der Waals surface area contributed by atoms with E-state index < -0.39 is 0 Å². The maximum absolute atomic E-state index is 0. The molecule has 0 aromatic rings. The maximum Gasteiger partial charge on any atom is 0 e. The van der Waals surface area contributed by atoms with Gasteiger partial charge in [0.2, 0.25) is 0 Å². The summed E-state index contributed by atoms with van der Waals surface area (Å²) >= 11 is 0. The molecule has 0 unspecified atom stereocenters. The number of rotatable bonds is 0. The van der Waals surface area contributed by atoms with Gasteiger partial charge in [-0.1, -0.05) is 0 Å². The summed E-state index contributed by atoms with van der Waals surface area (Å²) in [7, 11) is 0. The minimum Gasteiger partial charge on any atom is 0 e. The second kappa shape index (κ2) is 15.8. The first-order valence-electron chi connectivity index (χ1n) is 0. The van der Waals surface area contributed by atoms with Crippen molar-refractivity contribution >= 4 is 0 Å². The molecule has 0 spiro atoms. The summed E-state index contributed by atoms with van der Waals surface area (Å²) in [4.78, 5) is 0. The van der Waals surface area contributed by atoms with E-state index >= 15 is 0 Å². The topological polar surface area (TPSA) is 0 Å². The van der Waals surface area contributed by atoms with Gasteiger partial charge in [0.15, 0.2) is 0 Å². The fraction of sp³-hybridized carbons (Fsp3) is 0. The van der Waals surface area contributed by atoms with Gasteiger partial charge in [0.25, 0.3) is 0 Å². The van der Waals surface area contributed by atoms with Gasteiger partial charge in [-0.15, -0.1) is 0 Å². The molecule has 0 aliphatic heterocycles. The summed E-state index contributed by atoms with van der Waals surface area (Å²) in [6.45, 7) is 0. The van der Waals surface area contributed by atoms with Gasteiger partial charge in [0.05, 0.1) is 0 Å². The average molecular weight is 437 g/mol. The van der Waals surface area contributed by atoms with Crippen LogP contribution in [0.4, 0.5) is 0 Å². The summed E-state index contributed by atoms with van der Waals surface area (Å²) in [6, 6.07) is 0.